The normalized spacial score (nSPS) is 16.8. The fourth-order valence-corrected chi connectivity index (χ4v) is 4.94. The topological polar surface area (TPSA) is 83.1 Å². The summed E-state index contributed by atoms with van der Waals surface area (Å²) in [6, 6.07) is 15.0. The Labute approximate surface area is 210 Å². The van der Waals surface area contributed by atoms with Crippen molar-refractivity contribution in [3.8, 4) is 5.88 Å². The van der Waals surface area contributed by atoms with E-state index in [1.54, 1.807) is 10.8 Å². The minimum absolute atomic E-state index is 0.0655. The van der Waals surface area contributed by atoms with Gasteiger partial charge in [-0.25, -0.2) is 4.39 Å². The van der Waals surface area contributed by atoms with Gasteiger partial charge in [0, 0.05) is 40.4 Å². The van der Waals surface area contributed by atoms with Gasteiger partial charge in [-0.05, 0) is 66.9 Å². The predicted octanol–water partition coefficient (Wildman–Crippen LogP) is 6.75. The quantitative estimate of drug-likeness (QED) is 0.286. The van der Waals surface area contributed by atoms with Crippen LogP contribution in [0.15, 0.2) is 81.7 Å². The second kappa shape index (κ2) is 10.1. The molecule has 7 nitrogen and oxygen atoms in total. The Morgan fingerprint density at radius 3 is 2.77 bits per heavy atom. The lowest BCUT2D eigenvalue weighted by Crippen LogP contribution is -2.34. The molecule has 178 valence electrons. The maximum atomic E-state index is 13.2. The summed E-state index contributed by atoms with van der Waals surface area (Å²) >= 11 is 3.48. The van der Waals surface area contributed by atoms with Crippen LogP contribution in [0.1, 0.15) is 41.2 Å². The Morgan fingerprint density at radius 2 is 2.00 bits per heavy atom. The van der Waals surface area contributed by atoms with E-state index in [1.807, 2.05) is 30.5 Å². The summed E-state index contributed by atoms with van der Waals surface area (Å²) in [5, 5.41) is 19.8. The van der Waals surface area contributed by atoms with Gasteiger partial charge in [0.05, 0.1) is 12.2 Å². The number of carbonyl (C=O) groups excluding carboxylic acids is 1. The van der Waals surface area contributed by atoms with Gasteiger partial charge in [0.2, 0.25) is 5.88 Å². The second-order valence-corrected chi connectivity index (χ2v) is 9.44. The summed E-state index contributed by atoms with van der Waals surface area (Å²) in [7, 11) is 0. The molecule has 1 amide bonds. The number of benzene rings is 2. The largest absolute Gasteiger partial charge is 0.493 e. The molecule has 1 saturated heterocycles. The van der Waals surface area contributed by atoms with Gasteiger partial charge in [-0.2, -0.15) is 0 Å². The van der Waals surface area contributed by atoms with Crippen molar-refractivity contribution in [2.75, 3.05) is 6.54 Å². The van der Waals surface area contributed by atoms with E-state index in [1.165, 1.54) is 24.3 Å². The molecule has 0 radical (unpaired) electrons. The van der Waals surface area contributed by atoms with E-state index in [9.17, 15) is 14.3 Å². The van der Waals surface area contributed by atoms with Crippen molar-refractivity contribution in [3.63, 3.8) is 0 Å². The third kappa shape index (κ3) is 4.87. The molecule has 1 atom stereocenters. The summed E-state index contributed by atoms with van der Waals surface area (Å²) in [4.78, 5) is 19.1. The fraction of sp³-hybridized carbons (Fsp3) is 0.231. The van der Waals surface area contributed by atoms with Crippen molar-refractivity contribution in [1.29, 1.82) is 0 Å². The first-order valence-electron chi connectivity index (χ1n) is 11.4. The smallest absolute Gasteiger partial charge is 0.295 e. The molecular weight excluding hydrogens is 513 g/mol. The molecular formula is C26H23BrFN5O2. The first kappa shape index (κ1) is 23.3. The zero-order valence-corrected chi connectivity index (χ0v) is 20.4. The molecule has 3 heterocycles. The number of aromatic hydroxyl groups is 1. The zero-order valence-electron chi connectivity index (χ0n) is 18.8. The van der Waals surface area contributed by atoms with Crippen LogP contribution in [0.4, 0.5) is 10.1 Å². The molecule has 0 saturated carbocycles. The average molecular weight is 536 g/mol. The summed E-state index contributed by atoms with van der Waals surface area (Å²) in [6.07, 6.45) is 6.88. The number of rotatable bonds is 5. The van der Waals surface area contributed by atoms with Gasteiger partial charge in [-0.3, -0.25) is 19.2 Å². The van der Waals surface area contributed by atoms with Crippen LogP contribution in [0, 0.1) is 5.82 Å². The van der Waals surface area contributed by atoms with E-state index in [-0.39, 0.29) is 23.2 Å². The molecule has 1 aliphatic rings. The van der Waals surface area contributed by atoms with Gasteiger partial charge in [-0.1, -0.05) is 28.4 Å². The summed E-state index contributed by atoms with van der Waals surface area (Å²) in [6.45, 7) is 1.33. The summed E-state index contributed by atoms with van der Waals surface area (Å²) in [5.74, 6) is -1.12. The highest BCUT2D eigenvalue weighted by Gasteiger charge is 2.27. The molecule has 1 fully saturated rings. The maximum absolute atomic E-state index is 13.2. The molecule has 5 rings (SSSR count). The molecule has 1 unspecified atom stereocenters. The Bertz CT molecular complexity index is 1390. The van der Waals surface area contributed by atoms with E-state index in [2.05, 4.69) is 42.1 Å². The summed E-state index contributed by atoms with van der Waals surface area (Å²) in [5.41, 5.74) is 2.36. The van der Waals surface area contributed by atoms with Crippen molar-refractivity contribution in [2.24, 2.45) is 10.2 Å². The van der Waals surface area contributed by atoms with E-state index >= 15 is 0 Å². The van der Waals surface area contributed by atoms with Gasteiger partial charge in [0.25, 0.3) is 5.91 Å². The number of piperidine rings is 1. The first-order chi connectivity index (χ1) is 17.0. The number of pyridine rings is 1. The fourth-order valence-electron chi connectivity index (χ4n) is 4.58. The number of nitrogens with zero attached hydrogens (tertiary/aromatic N) is 5. The number of carbonyl (C=O) groups is 1. The zero-order chi connectivity index (χ0) is 24.4. The van der Waals surface area contributed by atoms with E-state index in [4.69, 9.17) is 0 Å². The Morgan fingerprint density at radius 1 is 1.17 bits per heavy atom. The lowest BCUT2D eigenvalue weighted by Gasteiger charge is -2.36. The van der Waals surface area contributed by atoms with Gasteiger partial charge >= 0.3 is 0 Å². The highest BCUT2D eigenvalue weighted by atomic mass is 79.9. The van der Waals surface area contributed by atoms with Gasteiger partial charge in [0.1, 0.15) is 5.82 Å². The van der Waals surface area contributed by atoms with Crippen LogP contribution in [0.5, 0.6) is 5.88 Å². The van der Waals surface area contributed by atoms with Crippen LogP contribution < -0.4 is 0 Å². The number of hydrogen-bond acceptors (Lipinski definition) is 5. The van der Waals surface area contributed by atoms with E-state index in [0.717, 1.165) is 41.4 Å². The Hall–Kier alpha value is -3.43. The van der Waals surface area contributed by atoms with Gasteiger partial charge in [-0.15, -0.1) is 10.2 Å². The van der Waals surface area contributed by atoms with Crippen LogP contribution >= 0.6 is 15.9 Å². The lowest BCUT2D eigenvalue weighted by atomic mass is 9.97. The lowest BCUT2D eigenvalue weighted by molar-refractivity contribution is 0.0995. The Kier molecular flexibility index (Phi) is 6.70. The standard InChI is InChI=1S/C26H23BrFN5O2/c27-19-8-11-23-21(14-19)24(30-31-25(34)17-6-9-20(28)10-7-17)26(35)33(23)16-32-13-2-1-5-22(32)18-4-3-12-29-15-18/h3-4,6-12,14-15,22,35H,1-2,5,13,16H2. The number of azo groups is 1. The molecule has 0 aliphatic carbocycles. The molecule has 2 aromatic carbocycles. The third-order valence-electron chi connectivity index (χ3n) is 6.31. The maximum Gasteiger partial charge on any atom is 0.295 e. The number of likely N-dealkylation sites (tertiary alicyclic amines) is 1. The molecule has 1 aliphatic heterocycles. The minimum atomic E-state index is -0.618. The molecule has 1 N–H and O–H groups in total. The van der Waals surface area contributed by atoms with Crippen LogP contribution in [0.2, 0.25) is 0 Å². The van der Waals surface area contributed by atoms with Crippen LogP contribution in [-0.2, 0) is 6.67 Å². The number of hydrogen-bond donors (Lipinski definition) is 1. The molecule has 4 aromatic rings. The number of amides is 1. The first-order valence-corrected chi connectivity index (χ1v) is 12.2. The highest BCUT2D eigenvalue weighted by molar-refractivity contribution is 9.10. The highest BCUT2D eigenvalue weighted by Crippen LogP contribution is 2.41. The monoisotopic (exact) mass is 535 g/mol. The molecule has 0 bridgehead atoms. The van der Waals surface area contributed by atoms with Crippen LogP contribution in [-0.4, -0.2) is 32.0 Å². The SMILES string of the molecule is O=C(N=Nc1c(O)n(CN2CCCCC2c2cccnc2)c2ccc(Br)cc12)c1ccc(F)cc1. The number of fused-ring (bicyclic) bond motifs is 1. The van der Waals surface area contributed by atoms with E-state index < -0.39 is 11.7 Å². The van der Waals surface area contributed by atoms with Crippen molar-refractivity contribution in [3.05, 3.63) is 88.4 Å². The van der Waals surface area contributed by atoms with Crippen molar-refractivity contribution in [1.82, 2.24) is 14.5 Å². The van der Waals surface area contributed by atoms with Crippen LogP contribution in [0.25, 0.3) is 10.9 Å². The number of halogens is 2. The summed E-state index contributed by atoms with van der Waals surface area (Å²) < 4.78 is 15.8. The average Bonchev–Trinajstić information content (AvgIpc) is 3.13. The molecule has 0 spiro atoms. The third-order valence-corrected chi connectivity index (χ3v) is 6.80. The Balaban J connectivity index is 1.50. The van der Waals surface area contributed by atoms with E-state index in [0.29, 0.717) is 12.1 Å². The van der Waals surface area contributed by atoms with Crippen LogP contribution in [0.3, 0.4) is 0 Å². The van der Waals surface area contributed by atoms with Crippen molar-refractivity contribution in [2.45, 2.75) is 32.0 Å². The van der Waals surface area contributed by atoms with Gasteiger partial charge in [0.15, 0.2) is 5.69 Å². The second-order valence-electron chi connectivity index (χ2n) is 8.53. The van der Waals surface area contributed by atoms with Crippen molar-refractivity contribution < 1.29 is 14.3 Å². The van der Waals surface area contributed by atoms with Gasteiger partial charge < -0.3 is 5.11 Å². The minimum Gasteiger partial charge on any atom is -0.493 e. The molecule has 35 heavy (non-hydrogen) atoms. The molecule has 2 aromatic heterocycles. The predicted molar refractivity (Wildman–Crippen MR) is 134 cm³/mol. The number of aromatic nitrogens is 2. The molecule has 9 heteroatoms. The van der Waals surface area contributed by atoms with Crippen molar-refractivity contribution >= 4 is 38.4 Å².